The fraction of sp³-hybridized carbons (Fsp3) is 0.500. The highest BCUT2D eigenvalue weighted by molar-refractivity contribution is 6.13. The van der Waals surface area contributed by atoms with E-state index in [2.05, 4.69) is 15.4 Å². The van der Waals surface area contributed by atoms with Gasteiger partial charge in [-0.05, 0) is 13.8 Å². The third-order valence-corrected chi connectivity index (χ3v) is 4.37. The number of carbonyl (C=O) groups is 3. The summed E-state index contributed by atoms with van der Waals surface area (Å²) in [7, 11) is 1.50. The molecule has 1 saturated carbocycles. The monoisotopic (exact) mass is 304 g/mol. The Morgan fingerprint density at radius 1 is 1.45 bits per heavy atom. The molecule has 0 radical (unpaired) electrons. The van der Waals surface area contributed by atoms with E-state index in [-0.39, 0.29) is 36.1 Å². The molecular formula is C14H16N4O4. The van der Waals surface area contributed by atoms with Crippen LogP contribution < -0.4 is 5.32 Å². The van der Waals surface area contributed by atoms with Crippen LogP contribution in [-0.2, 0) is 19.9 Å². The van der Waals surface area contributed by atoms with Crippen molar-refractivity contribution in [2.24, 2.45) is 10.4 Å². The summed E-state index contributed by atoms with van der Waals surface area (Å²) in [4.78, 5) is 40.6. The van der Waals surface area contributed by atoms with Gasteiger partial charge in [0.15, 0.2) is 11.4 Å². The molecule has 1 aromatic rings. The predicted molar refractivity (Wildman–Crippen MR) is 76.1 cm³/mol. The van der Waals surface area contributed by atoms with Gasteiger partial charge in [0.2, 0.25) is 0 Å². The zero-order chi connectivity index (χ0) is 16.1. The number of aliphatic imine (C=N–C) groups is 1. The Labute approximate surface area is 126 Å². The van der Waals surface area contributed by atoms with E-state index >= 15 is 0 Å². The number of amides is 1. The van der Waals surface area contributed by atoms with Gasteiger partial charge >= 0.3 is 5.97 Å². The van der Waals surface area contributed by atoms with Crippen molar-refractivity contribution in [2.75, 3.05) is 13.7 Å². The highest BCUT2D eigenvalue weighted by Crippen LogP contribution is 2.64. The molecule has 0 saturated heterocycles. The molecule has 2 atom stereocenters. The van der Waals surface area contributed by atoms with Gasteiger partial charge in [-0.2, -0.15) is 5.10 Å². The lowest BCUT2D eigenvalue weighted by Gasteiger charge is -2.24. The number of ketones is 1. The Kier molecular flexibility index (Phi) is 2.95. The van der Waals surface area contributed by atoms with Gasteiger partial charge in [0.25, 0.3) is 5.91 Å². The summed E-state index contributed by atoms with van der Waals surface area (Å²) in [5.41, 5.74) is -2.00. The highest BCUT2D eigenvalue weighted by atomic mass is 16.5. The van der Waals surface area contributed by atoms with Crippen molar-refractivity contribution in [3.05, 3.63) is 11.8 Å². The molecule has 1 aromatic heterocycles. The van der Waals surface area contributed by atoms with Crippen LogP contribution in [-0.4, -0.2) is 47.3 Å². The van der Waals surface area contributed by atoms with Gasteiger partial charge in [0, 0.05) is 19.7 Å². The molecule has 2 heterocycles. The zero-order valence-corrected chi connectivity index (χ0v) is 12.5. The van der Waals surface area contributed by atoms with Crippen LogP contribution >= 0.6 is 0 Å². The molecule has 1 N–H and O–H groups in total. The molecule has 116 valence electrons. The SMILES string of the molecule is CCOC(=O)C12CC1(C(C)=O)C=Nc1c(C(=O)NC)cnn12. The summed E-state index contributed by atoms with van der Waals surface area (Å²) in [6, 6.07) is 0. The Hall–Kier alpha value is -2.51. The second-order valence-electron chi connectivity index (χ2n) is 5.42. The van der Waals surface area contributed by atoms with E-state index in [0.717, 1.165) is 0 Å². The van der Waals surface area contributed by atoms with Gasteiger partial charge in [0.05, 0.1) is 12.8 Å². The van der Waals surface area contributed by atoms with E-state index in [0.29, 0.717) is 0 Å². The molecule has 1 aliphatic heterocycles. The van der Waals surface area contributed by atoms with E-state index in [1.165, 1.54) is 31.1 Å². The van der Waals surface area contributed by atoms with Crippen LogP contribution in [0.15, 0.2) is 11.2 Å². The number of carbonyl (C=O) groups excluding carboxylic acids is 3. The fourth-order valence-corrected chi connectivity index (χ4v) is 3.09. The van der Waals surface area contributed by atoms with E-state index in [1.807, 2.05) is 0 Å². The molecule has 1 aliphatic carbocycles. The molecule has 22 heavy (non-hydrogen) atoms. The number of rotatable bonds is 4. The normalized spacial score (nSPS) is 27.6. The minimum Gasteiger partial charge on any atom is -0.464 e. The van der Waals surface area contributed by atoms with E-state index < -0.39 is 16.9 Å². The maximum absolute atomic E-state index is 12.5. The van der Waals surface area contributed by atoms with Crippen LogP contribution in [0.2, 0.25) is 0 Å². The number of hydrogen-bond acceptors (Lipinski definition) is 6. The Bertz CT molecular complexity index is 722. The first-order chi connectivity index (χ1) is 10.4. The molecule has 2 unspecified atom stereocenters. The first kappa shape index (κ1) is 14.4. The van der Waals surface area contributed by atoms with Gasteiger partial charge in [-0.3, -0.25) is 9.59 Å². The Morgan fingerprint density at radius 2 is 2.18 bits per heavy atom. The summed E-state index contributed by atoms with van der Waals surface area (Å²) in [5.74, 6) is -0.786. The lowest BCUT2D eigenvalue weighted by Crippen LogP contribution is -2.41. The van der Waals surface area contributed by atoms with E-state index in [4.69, 9.17) is 4.74 Å². The van der Waals surface area contributed by atoms with Crippen LogP contribution in [0.25, 0.3) is 0 Å². The number of esters is 1. The van der Waals surface area contributed by atoms with Gasteiger partial charge < -0.3 is 10.1 Å². The fourth-order valence-electron chi connectivity index (χ4n) is 3.09. The predicted octanol–water partition coefficient (Wildman–Crippen LogP) is 0.196. The molecule has 0 aromatic carbocycles. The van der Waals surface area contributed by atoms with Crippen LogP contribution in [0, 0.1) is 5.41 Å². The lowest BCUT2D eigenvalue weighted by atomic mass is 9.95. The molecule has 3 rings (SSSR count). The second-order valence-corrected chi connectivity index (χ2v) is 5.42. The molecule has 8 nitrogen and oxygen atoms in total. The summed E-state index contributed by atoms with van der Waals surface area (Å²) in [6.45, 7) is 3.31. The topological polar surface area (TPSA) is 103 Å². The molecule has 2 aliphatic rings. The van der Waals surface area contributed by atoms with Crippen LogP contribution in [0.4, 0.5) is 5.82 Å². The van der Waals surface area contributed by atoms with Crippen molar-refractivity contribution >= 4 is 29.7 Å². The smallest absolute Gasteiger partial charge is 0.335 e. The van der Waals surface area contributed by atoms with Crippen LogP contribution in [0.3, 0.4) is 0 Å². The van der Waals surface area contributed by atoms with Crippen LogP contribution in [0.5, 0.6) is 0 Å². The average Bonchev–Trinajstić information content (AvgIpc) is 3.05. The Morgan fingerprint density at radius 3 is 2.77 bits per heavy atom. The van der Waals surface area contributed by atoms with Gasteiger partial charge in [-0.15, -0.1) is 0 Å². The summed E-state index contributed by atoms with van der Waals surface area (Å²) < 4.78 is 6.50. The Balaban J connectivity index is 2.16. The first-order valence-corrected chi connectivity index (χ1v) is 6.98. The van der Waals surface area contributed by atoms with Gasteiger partial charge in [-0.1, -0.05) is 0 Å². The van der Waals surface area contributed by atoms with E-state index in [9.17, 15) is 14.4 Å². The molecule has 1 fully saturated rings. The van der Waals surface area contributed by atoms with Crippen LogP contribution in [0.1, 0.15) is 30.6 Å². The van der Waals surface area contributed by atoms with Crippen molar-refractivity contribution in [1.29, 1.82) is 0 Å². The molecule has 0 bridgehead atoms. The number of ether oxygens (including phenoxy) is 1. The zero-order valence-electron chi connectivity index (χ0n) is 12.5. The largest absolute Gasteiger partial charge is 0.464 e. The third kappa shape index (κ3) is 1.49. The molecule has 0 spiro atoms. The van der Waals surface area contributed by atoms with Gasteiger partial charge in [0.1, 0.15) is 16.8 Å². The number of nitrogens with zero attached hydrogens (tertiary/aromatic N) is 3. The maximum atomic E-state index is 12.5. The summed E-state index contributed by atoms with van der Waals surface area (Å²) in [6.07, 6.45) is 3.05. The quantitative estimate of drug-likeness (QED) is 0.800. The number of nitrogens with one attached hydrogen (secondary N) is 1. The van der Waals surface area contributed by atoms with Crippen molar-refractivity contribution in [1.82, 2.24) is 15.1 Å². The molecule has 1 amide bonds. The van der Waals surface area contributed by atoms with Gasteiger partial charge in [-0.25, -0.2) is 14.5 Å². The second kappa shape index (κ2) is 4.49. The average molecular weight is 304 g/mol. The molecule has 8 heteroatoms. The molecular weight excluding hydrogens is 288 g/mol. The van der Waals surface area contributed by atoms with Crippen molar-refractivity contribution in [2.45, 2.75) is 25.8 Å². The summed E-state index contributed by atoms with van der Waals surface area (Å²) >= 11 is 0. The summed E-state index contributed by atoms with van der Waals surface area (Å²) in [5, 5.41) is 6.64. The van der Waals surface area contributed by atoms with Crippen molar-refractivity contribution in [3.63, 3.8) is 0 Å². The van der Waals surface area contributed by atoms with Crippen molar-refractivity contribution < 1.29 is 19.1 Å². The third-order valence-electron chi connectivity index (χ3n) is 4.37. The van der Waals surface area contributed by atoms with Crippen molar-refractivity contribution in [3.8, 4) is 0 Å². The highest BCUT2D eigenvalue weighted by Gasteiger charge is 2.79. The standard InChI is InChI=1S/C14H16N4O4/c1-4-22-12(21)14-6-13(14,8(2)19)7-16-10-9(11(20)15-3)5-17-18(10)14/h5,7H,4,6H2,1-3H3,(H,15,20). The number of fused-ring (bicyclic) bond motifs is 3. The lowest BCUT2D eigenvalue weighted by molar-refractivity contribution is -0.151. The minimum atomic E-state index is -1.22. The van der Waals surface area contributed by atoms with E-state index in [1.54, 1.807) is 6.92 Å². The minimum absolute atomic E-state index is 0.174. The number of hydrogen-bond donors (Lipinski definition) is 1. The first-order valence-electron chi connectivity index (χ1n) is 6.98. The number of aromatic nitrogens is 2. The maximum Gasteiger partial charge on any atom is 0.335 e. The number of Topliss-reactive ketones (excluding diaryl/α,β-unsaturated/α-hetero) is 1.